The van der Waals surface area contributed by atoms with Gasteiger partial charge in [-0.1, -0.05) is 54.1 Å². The summed E-state index contributed by atoms with van der Waals surface area (Å²) in [6.45, 7) is 1.84. The van der Waals surface area contributed by atoms with Gasteiger partial charge in [0.25, 0.3) is 0 Å². The van der Waals surface area contributed by atoms with Crippen molar-refractivity contribution in [1.29, 1.82) is 0 Å². The molecule has 0 fully saturated rings. The van der Waals surface area contributed by atoms with Crippen molar-refractivity contribution in [2.75, 3.05) is 27.2 Å². The summed E-state index contributed by atoms with van der Waals surface area (Å²) < 4.78 is 5.94. The molecule has 0 saturated heterocycles. The van der Waals surface area contributed by atoms with Gasteiger partial charge in [0.15, 0.2) is 0 Å². The molecular weight excluding hydrogens is 306 g/mol. The van der Waals surface area contributed by atoms with E-state index in [9.17, 15) is 0 Å². The lowest BCUT2D eigenvalue weighted by Gasteiger charge is -2.11. The molecule has 2 aromatic rings. The fraction of sp³-hybridized carbons (Fsp3) is 0.300. The van der Waals surface area contributed by atoms with Crippen molar-refractivity contribution in [3.05, 3.63) is 64.7 Å². The van der Waals surface area contributed by atoms with E-state index in [1.807, 2.05) is 42.5 Å². The Kier molecular flexibility index (Phi) is 7.18. The van der Waals surface area contributed by atoms with Crippen molar-refractivity contribution in [2.24, 2.45) is 0 Å². The van der Waals surface area contributed by atoms with E-state index in [1.54, 1.807) is 0 Å². The van der Waals surface area contributed by atoms with Crippen LogP contribution in [0.1, 0.15) is 24.0 Å². The van der Waals surface area contributed by atoms with E-state index in [2.05, 4.69) is 37.2 Å². The average molecular weight is 330 g/mol. The molecule has 3 heteroatoms. The van der Waals surface area contributed by atoms with Gasteiger partial charge in [-0.2, -0.15) is 0 Å². The summed E-state index contributed by atoms with van der Waals surface area (Å²) >= 11 is 6.02. The van der Waals surface area contributed by atoms with Crippen molar-refractivity contribution < 1.29 is 4.74 Å². The summed E-state index contributed by atoms with van der Waals surface area (Å²) in [5, 5.41) is 0.748. The van der Waals surface area contributed by atoms with Gasteiger partial charge in [0.05, 0.1) is 6.61 Å². The quantitative estimate of drug-likeness (QED) is 0.485. The highest BCUT2D eigenvalue weighted by Crippen LogP contribution is 2.21. The Labute approximate surface area is 144 Å². The highest BCUT2D eigenvalue weighted by molar-refractivity contribution is 6.30. The van der Waals surface area contributed by atoms with Gasteiger partial charge in [0.1, 0.15) is 5.75 Å². The van der Waals surface area contributed by atoms with Gasteiger partial charge in [-0.25, -0.2) is 0 Å². The predicted molar refractivity (Wildman–Crippen MR) is 100 cm³/mol. The number of unbranched alkanes of at least 4 members (excludes halogenated alkanes) is 1. The zero-order valence-electron chi connectivity index (χ0n) is 13.8. The molecule has 0 heterocycles. The zero-order chi connectivity index (χ0) is 16.5. The first-order valence-electron chi connectivity index (χ1n) is 7.95. The topological polar surface area (TPSA) is 12.5 Å². The predicted octanol–water partition coefficient (Wildman–Crippen LogP) is 5.23. The van der Waals surface area contributed by atoms with Crippen molar-refractivity contribution in [2.45, 2.75) is 12.8 Å². The first kappa shape index (κ1) is 17.6. The largest absolute Gasteiger partial charge is 0.493 e. The zero-order valence-corrected chi connectivity index (χ0v) is 14.6. The van der Waals surface area contributed by atoms with Crippen molar-refractivity contribution >= 4 is 23.8 Å². The second-order valence-electron chi connectivity index (χ2n) is 5.79. The Bertz CT molecular complexity index is 637. The van der Waals surface area contributed by atoms with Gasteiger partial charge >= 0.3 is 0 Å². The van der Waals surface area contributed by atoms with Crippen LogP contribution in [0.5, 0.6) is 5.75 Å². The number of hydrogen-bond donors (Lipinski definition) is 0. The Hall–Kier alpha value is -1.77. The molecule has 0 unspecified atom stereocenters. The number of hydrogen-bond acceptors (Lipinski definition) is 2. The monoisotopic (exact) mass is 329 g/mol. The summed E-state index contributed by atoms with van der Waals surface area (Å²) in [7, 11) is 4.19. The molecule has 0 aromatic heterocycles. The van der Waals surface area contributed by atoms with Crippen molar-refractivity contribution in [3.63, 3.8) is 0 Å². The number of para-hydroxylation sites is 1. The smallest absolute Gasteiger partial charge is 0.126 e. The first-order valence-corrected chi connectivity index (χ1v) is 8.33. The summed E-state index contributed by atoms with van der Waals surface area (Å²) in [6.07, 6.45) is 6.33. The van der Waals surface area contributed by atoms with E-state index in [4.69, 9.17) is 16.3 Å². The highest BCUT2D eigenvalue weighted by Gasteiger charge is 2.00. The van der Waals surface area contributed by atoms with Crippen molar-refractivity contribution in [3.8, 4) is 5.75 Å². The molecule has 0 aliphatic carbocycles. The maximum absolute atomic E-state index is 6.02. The van der Waals surface area contributed by atoms with Gasteiger partial charge in [0.2, 0.25) is 0 Å². The average Bonchev–Trinajstić information content (AvgIpc) is 2.53. The maximum Gasteiger partial charge on any atom is 0.126 e. The molecule has 2 nitrogen and oxygen atoms in total. The summed E-state index contributed by atoms with van der Waals surface area (Å²) in [6, 6.07) is 15.9. The van der Waals surface area contributed by atoms with Crippen LogP contribution in [-0.4, -0.2) is 32.1 Å². The van der Waals surface area contributed by atoms with Crippen LogP contribution in [0.15, 0.2) is 48.5 Å². The van der Waals surface area contributed by atoms with Gasteiger partial charge in [-0.05, 0) is 57.2 Å². The Morgan fingerprint density at radius 1 is 1.00 bits per heavy atom. The molecular formula is C20H24ClNO. The van der Waals surface area contributed by atoms with E-state index < -0.39 is 0 Å². The Balaban J connectivity index is 1.94. The Morgan fingerprint density at radius 2 is 1.83 bits per heavy atom. The third-order valence-corrected chi connectivity index (χ3v) is 3.72. The van der Waals surface area contributed by atoms with Crippen LogP contribution in [-0.2, 0) is 0 Å². The normalized spacial score (nSPS) is 11.3. The van der Waals surface area contributed by atoms with E-state index in [0.29, 0.717) is 0 Å². The van der Waals surface area contributed by atoms with Crippen LogP contribution >= 0.6 is 11.6 Å². The standard InChI is InChI=1S/C20H24ClNO/c1-22(2)14-5-6-15-23-20-11-4-3-9-18(20)13-12-17-8-7-10-19(21)16-17/h3-4,7-13,16H,5-6,14-15H2,1-2H3/b13-12+. The number of rotatable bonds is 8. The summed E-state index contributed by atoms with van der Waals surface area (Å²) in [4.78, 5) is 2.20. The molecule has 0 bridgehead atoms. The minimum absolute atomic E-state index is 0.746. The van der Waals surface area contributed by atoms with Crippen LogP contribution in [0.3, 0.4) is 0 Å². The minimum Gasteiger partial charge on any atom is -0.493 e. The molecule has 0 radical (unpaired) electrons. The SMILES string of the molecule is CN(C)CCCCOc1ccccc1/C=C/c1cccc(Cl)c1. The van der Waals surface area contributed by atoms with E-state index in [0.717, 1.165) is 47.9 Å². The van der Waals surface area contributed by atoms with Gasteiger partial charge < -0.3 is 9.64 Å². The Morgan fingerprint density at radius 3 is 2.61 bits per heavy atom. The van der Waals surface area contributed by atoms with Crippen LogP contribution in [0.25, 0.3) is 12.2 Å². The second-order valence-corrected chi connectivity index (χ2v) is 6.22. The molecule has 0 saturated carbocycles. The first-order chi connectivity index (χ1) is 11.1. The van der Waals surface area contributed by atoms with Gasteiger partial charge in [-0.3, -0.25) is 0 Å². The molecule has 0 N–H and O–H groups in total. The molecule has 0 aliphatic rings. The number of halogens is 1. The van der Waals surface area contributed by atoms with E-state index in [-0.39, 0.29) is 0 Å². The molecule has 2 rings (SSSR count). The molecule has 0 aliphatic heterocycles. The lowest BCUT2D eigenvalue weighted by molar-refractivity contribution is 0.292. The summed E-state index contributed by atoms with van der Waals surface area (Å²) in [5.41, 5.74) is 2.17. The number of benzene rings is 2. The third kappa shape index (κ3) is 6.47. The van der Waals surface area contributed by atoms with Gasteiger partial charge in [0, 0.05) is 10.6 Å². The molecule has 0 atom stereocenters. The maximum atomic E-state index is 6.02. The van der Waals surface area contributed by atoms with Gasteiger partial charge in [-0.15, -0.1) is 0 Å². The fourth-order valence-electron chi connectivity index (χ4n) is 2.26. The van der Waals surface area contributed by atoms with Crippen LogP contribution in [0.4, 0.5) is 0 Å². The number of nitrogens with zero attached hydrogens (tertiary/aromatic N) is 1. The summed E-state index contributed by atoms with van der Waals surface area (Å²) in [5.74, 6) is 0.927. The van der Waals surface area contributed by atoms with Crippen LogP contribution in [0, 0.1) is 0 Å². The van der Waals surface area contributed by atoms with Crippen LogP contribution < -0.4 is 4.74 Å². The van der Waals surface area contributed by atoms with Crippen molar-refractivity contribution in [1.82, 2.24) is 4.90 Å². The third-order valence-electron chi connectivity index (χ3n) is 3.48. The van der Waals surface area contributed by atoms with E-state index >= 15 is 0 Å². The molecule has 2 aromatic carbocycles. The molecule has 23 heavy (non-hydrogen) atoms. The lowest BCUT2D eigenvalue weighted by Crippen LogP contribution is -2.13. The van der Waals surface area contributed by atoms with E-state index in [1.165, 1.54) is 0 Å². The molecule has 0 amide bonds. The molecule has 0 spiro atoms. The van der Waals surface area contributed by atoms with Crippen LogP contribution in [0.2, 0.25) is 5.02 Å². The molecule has 122 valence electrons. The fourth-order valence-corrected chi connectivity index (χ4v) is 2.46. The second kappa shape index (κ2) is 9.39. The highest BCUT2D eigenvalue weighted by atomic mass is 35.5. The number of ether oxygens (including phenoxy) is 1. The lowest BCUT2D eigenvalue weighted by atomic mass is 10.1. The minimum atomic E-state index is 0.746.